The highest BCUT2D eigenvalue weighted by Gasteiger charge is 2.14. The standard InChI is InChI=1S/C13H12ClN3OS/c1-3-8(2)11(18)17-13-10(14)16-12(19-13)9-5-4-6-15-7-9/h4-7H,2-3H2,1H3,(H,17,18). The van der Waals surface area contributed by atoms with Gasteiger partial charge in [-0.15, -0.1) is 0 Å². The van der Waals surface area contributed by atoms with Gasteiger partial charge in [0.15, 0.2) is 5.15 Å². The third-order valence-corrected chi connectivity index (χ3v) is 3.87. The number of halogens is 1. The van der Waals surface area contributed by atoms with Crippen molar-refractivity contribution >= 4 is 33.8 Å². The zero-order valence-corrected chi connectivity index (χ0v) is 11.9. The number of amides is 1. The van der Waals surface area contributed by atoms with E-state index in [2.05, 4.69) is 21.9 Å². The number of nitrogens with one attached hydrogen (secondary N) is 1. The van der Waals surface area contributed by atoms with Gasteiger partial charge < -0.3 is 5.32 Å². The molecule has 2 aromatic rings. The van der Waals surface area contributed by atoms with Crippen LogP contribution in [0.3, 0.4) is 0 Å². The molecule has 2 aromatic heterocycles. The molecule has 19 heavy (non-hydrogen) atoms. The summed E-state index contributed by atoms with van der Waals surface area (Å²) in [7, 11) is 0. The van der Waals surface area contributed by atoms with E-state index in [4.69, 9.17) is 11.6 Å². The first kappa shape index (κ1) is 13.7. The maximum Gasteiger partial charge on any atom is 0.251 e. The zero-order chi connectivity index (χ0) is 13.8. The van der Waals surface area contributed by atoms with Crippen LogP contribution < -0.4 is 5.32 Å². The van der Waals surface area contributed by atoms with Crippen LogP contribution in [0.15, 0.2) is 36.7 Å². The van der Waals surface area contributed by atoms with Crippen LogP contribution in [-0.2, 0) is 4.79 Å². The Morgan fingerprint density at radius 3 is 3.00 bits per heavy atom. The lowest BCUT2D eigenvalue weighted by Gasteiger charge is -2.02. The van der Waals surface area contributed by atoms with E-state index in [1.165, 1.54) is 11.3 Å². The summed E-state index contributed by atoms with van der Waals surface area (Å²) >= 11 is 7.33. The smallest absolute Gasteiger partial charge is 0.251 e. The monoisotopic (exact) mass is 293 g/mol. The number of hydrogen-bond acceptors (Lipinski definition) is 4. The van der Waals surface area contributed by atoms with Crippen LogP contribution >= 0.6 is 22.9 Å². The predicted octanol–water partition coefficient (Wildman–Crippen LogP) is 3.76. The van der Waals surface area contributed by atoms with E-state index in [0.717, 1.165) is 10.6 Å². The van der Waals surface area contributed by atoms with E-state index in [1.54, 1.807) is 12.4 Å². The van der Waals surface area contributed by atoms with E-state index in [9.17, 15) is 4.79 Å². The summed E-state index contributed by atoms with van der Waals surface area (Å²) in [5.74, 6) is -0.231. The Bertz CT molecular complexity index is 610. The van der Waals surface area contributed by atoms with Crippen LogP contribution in [0.25, 0.3) is 10.6 Å². The molecule has 0 aromatic carbocycles. The van der Waals surface area contributed by atoms with Crippen molar-refractivity contribution in [2.24, 2.45) is 0 Å². The SMILES string of the molecule is C=C(CC)C(=O)Nc1sc(-c2cccnc2)nc1Cl. The summed E-state index contributed by atoms with van der Waals surface area (Å²) in [6.45, 7) is 5.56. The number of aromatic nitrogens is 2. The first-order valence-electron chi connectivity index (χ1n) is 5.67. The topological polar surface area (TPSA) is 54.9 Å². The summed E-state index contributed by atoms with van der Waals surface area (Å²) in [6.07, 6.45) is 3.98. The minimum atomic E-state index is -0.231. The maximum absolute atomic E-state index is 11.7. The molecule has 0 fully saturated rings. The number of rotatable bonds is 4. The predicted molar refractivity (Wildman–Crippen MR) is 78.4 cm³/mol. The molecule has 2 rings (SSSR count). The molecule has 98 valence electrons. The lowest BCUT2D eigenvalue weighted by Crippen LogP contribution is -2.12. The van der Waals surface area contributed by atoms with Crippen LogP contribution in [0.1, 0.15) is 13.3 Å². The lowest BCUT2D eigenvalue weighted by atomic mass is 10.2. The van der Waals surface area contributed by atoms with Crippen molar-refractivity contribution in [1.29, 1.82) is 0 Å². The highest BCUT2D eigenvalue weighted by Crippen LogP contribution is 2.34. The van der Waals surface area contributed by atoms with Crippen molar-refractivity contribution in [1.82, 2.24) is 9.97 Å². The number of nitrogens with zero attached hydrogens (tertiary/aromatic N) is 2. The fraction of sp³-hybridized carbons (Fsp3) is 0.154. The summed E-state index contributed by atoms with van der Waals surface area (Å²) in [5, 5.41) is 4.24. The summed E-state index contributed by atoms with van der Waals surface area (Å²) in [6, 6.07) is 3.71. The largest absolute Gasteiger partial charge is 0.311 e. The second-order valence-corrected chi connectivity index (χ2v) is 5.15. The van der Waals surface area contributed by atoms with E-state index < -0.39 is 0 Å². The molecule has 4 nitrogen and oxygen atoms in total. The molecule has 0 aliphatic rings. The average Bonchev–Trinajstić information content (AvgIpc) is 2.80. The first-order chi connectivity index (χ1) is 9.11. The van der Waals surface area contributed by atoms with E-state index >= 15 is 0 Å². The number of hydrogen-bond donors (Lipinski definition) is 1. The number of thiazole rings is 1. The van der Waals surface area contributed by atoms with E-state index in [-0.39, 0.29) is 11.1 Å². The summed E-state index contributed by atoms with van der Waals surface area (Å²) < 4.78 is 0. The second kappa shape index (κ2) is 5.95. The van der Waals surface area contributed by atoms with Gasteiger partial charge in [0.05, 0.1) is 0 Å². The third-order valence-electron chi connectivity index (χ3n) is 2.47. The number of pyridine rings is 1. The molecule has 0 radical (unpaired) electrons. The summed E-state index contributed by atoms with van der Waals surface area (Å²) in [5.41, 5.74) is 1.37. The van der Waals surface area contributed by atoms with Crippen LogP contribution in [0.5, 0.6) is 0 Å². The Morgan fingerprint density at radius 2 is 2.37 bits per heavy atom. The summed E-state index contributed by atoms with van der Waals surface area (Å²) in [4.78, 5) is 20.0. The fourth-order valence-corrected chi connectivity index (χ4v) is 2.48. The fourth-order valence-electron chi connectivity index (χ4n) is 1.34. The van der Waals surface area contributed by atoms with Crippen molar-refractivity contribution in [3.63, 3.8) is 0 Å². The Kier molecular flexibility index (Phi) is 4.29. The molecule has 0 bridgehead atoms. The van der Waals surface area contributed by atoms with Crippen molar-refractivity contribution in [2.45, 2.75) is 13.3 Å². The number of carbonyl (C=O) groups is 1. The molecule has 0 unspecified atom stereocenters. The molecule has 0 aliphatic heterocycles. The van der Waals surface area contributed by atoms with Gasteiger partial charge in [-0.05, 0) is 18.6 Å². The highest BCUT2D eigenvalue weighted by atomic mass is 35.5. The van der Waals surface area contributed by atoms with Crippen molar-refractivity contribution in [3.05, 3.63) is 41.8 Å². The molecule has 0 spiro atoms. The van der Waals surface area contributed by atoms with E-state index in [1.807, 2.05) is 19.1 Å². The molecule has 0 saturated carbocycles. The number of carbonyl (C=O) groups excluding carboxylic acids is 1. The molecule has 6 heteroatoms. The molecule has 1 N–H and O–H groups in total. The van der Waals surface area contributed by atoms with Crippen molar-refractivity contribution in [3.8, 4) is 10.6 Å². The normalized spacial score (nSPS) is 10.2. The average molecular weight is 294 g/mol. The van der Waals surface area contributed by atoms with Crippen LogP contribution in [0.4, 0.5) is 5.00 Å². The Balaban J connectivity index is 2.23. The van der Waals surface area contributed by atoms with Gasteiger partial charge in [0.25, 0.3) is 5.91 Å². The van der Waals surface area contributed by atoms with Crippen LogP contribution in [-0.4, -0.2) is 15.9 Å². The highest BCUT2D eigenvalue weighted by molar-refractivity contribution is 7.19. The second-order valence-electron chi connectivity index (χ2n) is 3.79. The molecular weight excluding hydrogens is 282 g/mol. The Labute approximate surface area is 120 Å². The van der Waals surface area contributed by atoms with Gasteiger partial charge in [0.2, 0.25) is 0 Å². The first-order valence-corrected chi connectivity index (χ1v) is 6.87. The van der Waals surface area contributed by atoms with Gasteiger partial charge in [0.1, 0.15) is 10.0 Å². The van der Waals surface area contributed by atoms with Crippen molar-refractivity contribution in [2.75, 3.05) is 5.32 Å². The Hall–Kier alpha value is -1.72. The molecule has 0 aliphatic carbocycles. The molecule has 0 saturated heterocycles. The van der Waals surface area contributed by atoms with Gasteiger partial charge in [-0.2, -0.15) is 0 Å². The van der Waals surface area contributed by atoms with Gasteiger partial charge >= 0.3 is 0 Å². The van der Waals surface area contributed by atoms with Gasteiger partial charge in [-0.3, -0.25) is 9.78 Å². The van der Waals surface area contributed by atoms with Gasteiger partial charge in [-0.25, -0.2) is 4.98 Å². The van der Waals surface area contributed by atoms with Crippen LogP contribution in [0.2, 0.25) is 5.15 Å². The Morgan fingerprint density at radius 1 is 1.58 bits per heavy atom. The number of anilines is 1. The van der Waals surface area contributed by atoms with Crippen molar-refractivity contribution < 1.29 is 4.79 Å². The minimum Gasteiger partial charge on any atom is -0.311 e. The molecule has 2 heterocycles. The van der Waals surface area contributed by atoms with Crippen LogP contribution in [0, 0.1) is 0 Å². The molecule has 1 amide bonds. The minimum absolute atomic E-state index is 0.231. The molecular formula is C13H12ClN3OS. The lowest BCUT2D eigenvalue weighted by molar-refractivity contribution is -0.112. The van der Waals surface area contributed by atoms with Gasteiger partial charge in [-0.1, -0.05) is 36.4 Å². The van der Waals surface area contributed by atoms with E-state index in [0.29, 0.717) is 17.0 Å². The third kappa shape index (κ3) is 3.19. The zero-order valence-electron chi connectivity index (χ0n) is 10.3. The maximum atomic E-state index is 11.7. The van der Waals surface area contributed by atoms with Gasteiger partial charge in [0, 0.05) is 23.5 Å². The quantitative estimate of drug-likeness (QED) is 0.873. The molecule has 0 atom stereocenters.